The molecule has 10 heteroatoms. The Balaban J connectivity index is 1.64. The minimum atomic E-state index is -4.63. The third-order valence-corrected chi connectivity index (χ3v) is 7.12. The van der Waals surface area contributed by atoms with Gasteiger partial charge in [-0.3, -0.25) is 9.78 Å². The lowest BCUT2D eigenvalue weighted by Crippen LogP contribution is -2.42. The van der Waals surface area contributed by atoms with Crippen molar-refractivity contribution in [2.24, 2.45) is 11.8 Å². The van der Waals surface area contributed by atoms with Crippen molar-refractivity contribution in [3.8, 4) is 0 Å². The van der Waals surface area contributed by atoms with Crippen LogP contribution in [0, 0.1) is 17.7 Å². The molecule has 138 valence electrons. The lowest BCUT2D eigenvalue weighted by molar-refractivity contribution is -0.150. The highest BCUT2D eigenvalue weighted by Crippen LogP contribution is 2.57. The maximum atomic E-state index is 13.6. The van der Waals surface area contributed by atoms with Gasteiger partial charge >= 0.3 is 6.18 Å². The van der Waals surface area contributed by atoms with E-state index in [0.717, 1.165) is 12.5 Å². The zero-order chi connectivity index (χ0) is 18.6. The second-order valence-electron chi connectivity index (χ2n) is 6.70. The van der Waals surface area contributed by atoms with Crippen LogP contribution in [0.15, 0.2) is 18.5 Å². The molecule has 2 aliphatic carbocycles. The largest absolute Gasteiger partial charge is 0.393 e. The smallest absolute Gasteiger partial charge is 0.354 e. The Hall–Kier alpha value is -1.71. The molecule has 1 N–H and O–H groups in total. The van der Waals surface area contributed by atoms with Crippen molar-refractivity contribution in [1.29, 1.82) is 0 Å². The first-order valence-electron chi connectivity index (χ1n) is 7.61. The molecule has 0 unspecified atom stereocenters. The van der Waals surface area contributed by atoms with Gasteiger partial charge in [-0.1, -0.05) is 0 Å². The summed E-state index contributed by atoms with van der Waals surface area (Å²) >= 11 is 0. The van der Waals surface area contributed by atoms with Crippen molar-refractivity contribution in [2.75, 3.05) is 12.8 Å². The van der Waals surface area contributed by atoms with Crippen LogP contribution >= 0.6 is 0 Å². The third kappa shape index (κ3) is 3.23. The lowest BCUT2D eigenvalue weighted by Gasteiger charge is -2.18. The molecule has 1 heterocycles. The van der Waals surface area contributed by atoms with E-state index in [2.05, 4.69) is 10.3 Å². The van der Waals surface area contributed by atoms with E-state index in [1.54, 1.807) is 0 Å². The first-order valence-corrected chi connectivity index (χ1v) is 9.50. The summed E-state index contributed by atoms with van der Waals surface area (Å²) in [5.41, 5.74) is 0.326. The van der Waals surface area contributed by atoms with Crippen LogP contribution in [-0.2, 0) is 14.6 Å². The van der Waals surface area contributed by atoms with Crippen LogP contribution in [0.25, 0.3) is 0 Å². The second kappa shape index (κ2) is 5.65. The van der Waals surface area contributed by atoms with Crippen molar-refractivity contribution in [3.63, 3.8) is 0 Å². The first-order chi connectivity index (χ1) is 11.5. The van der Waals surface area contributed by atoms with E-state index in [9.17, 15) is 30.8 Å². The molecule has 1 amide bonds. The molecule has 0 radical (unpaired) electrons. The fourth-order valence-corrected chi connectivity index (χ4v) is 4.77. The number of hydrogen-bond donors (Lipinski definition) is 1. The van der Waals surface area contributed by atoms with E-state index < -0.39 is 57.3 Å². The predicted octanol–water partition coefficient (Wildman–Crippen LogP) is 1.81. The molecule has 0 aromatic carbocycles. The van der Waals surface area contributed by atoms with E-state index in [1.165, 1.54) is 12.3 Å². The van der Waals surface area contributed by atoms with Crippen LogP contribution in [0.1, 0.15) is 24.3 Å². The van der Waals surface area contributed by atoms with Crippen molar-refractivity contribution in [3.05, 3.63) is 29.8 Å². The van der Waals surface area contributed by atoms with E-state index in [0.29, 0.717) is 12.0 Å². The Morgan fingerprint density at radius 3 is 2.64 bits per heavy atom. The maximum absolute atomic E-state index is 13.6. The van der Waals surface area contributed by atoms with Crippen molar-refractivity contribution < 1.29 is 30.8 Å². The number of rotatable bonds is 5. The number of carbonyl (C=O) groups excluding carboxylic acids is 1. The Kier molecular flexibility index (Phi) is 4.09. The molecule has 25 heavy (non-hydrogen) atoms. The van der Waals surface area contributed by atoms with Crippen LogP contribution in [0.2, 0.25) is 0 Å². The summed E-state index contributed by atoms with van der Waals surface area (Å²) in [4.78, 5) is 15.7. The van der Waals surface area contributed by atoms with Gasteiger partial charge in [-0.25, -0.2) is 12.8 Å². The SMILES string of the molecule is CS(=O)(=O)[C@@]1(CNC(=O)[C@@H]2C[C@H]2c2ccncc2F)C[C@@H]1C(F)(F)F. The quantitative estimate of drug-likeness (QED) is 0.791. The number of hydrogen-bond acceptors (Lipinski definition) is 4. The van der Waals surface area contributed by atoms with Gasteiger partial charge in [-0.05, 0) is 30.4 Å². The normalized spacial score (nSPS) is 31.5. The number of pyridine rings is 1. The summed E-state index contributed by atoms with van der Waals surface area (Å²) in [6.45, 7) is -0.586. The van der Waals surface area contributed by atoms with Gasteiger partial charge in [0.2, 0.25) is 5.91 Å². The van der Waals surface area contributed by atoms with Gasteiger partial charge in [-0.2, -0.15) is 13.2 Å². The highest BCUT2D eigenvalue weighted by atomic mass is 32.2. The first kappa shape index (κ1) is 18.1. The highest BCUT2D eigenvalue weighted by Gasteiger charge is 2.72. The summed E-state index contributed by atoms with van der Waals surface area (Å²) in [6.07, 6.45) is -1.65. The van der Waals surface area contributed by atoms with Gasteiger partial charge in [0.25, 0.3) is 0 Å². The van der Waals surface area contributed by atoms with Crippen molar-refractivity contribution >= 4 is 15.7 Å². The second-order valence-corrected chi connectivity index (χ2v) is 9.06. The molecule has 1 aromatic heterocycles. The number of aromatic nitrogens is 1. The Bertz CT molecular complexity index is 811. The molecular formula is C15H16F4N2O3S. The fraction of sp³-hybridized carbons (Fsp3) is 0.600. The zero-order valence-electron chi connectivity index (χ0n) is 13.2. The van der Waals surface area contributed by atoms with Gasteiger partial charge in [0.1, 0.15) is 10.6 Å². The Morgan fingerprint density at radius 1 is 1.44 bits per heavy atom. The van der Waals surface area contributed by atoms with Gasteiger partial charge < -0.3 is 5.32 Å². The minimum absolute atomic E-state index is 0.326. The molecule has 3 rings (SSSR count). The number of alkyl halides is 3. The standard InChI is InChI=1S/C15H16F4N2O3S/c1-25(23,24)14(5-12(14)15(17,18)19)7-21-13(22)10-4-9(10)8-2-3-20-6-11(8)16/h2-3,6,9-10,12H,4-5,7H2,1H3,(H,21,22)/t9-,10+,12-,14+/m0/s1. The average molecular weight is 380 g/mol. The summed E-state index contributed by atoms with van der Waals surface area (Å²) in [5.74, 6) is -4.01. The van der Waals surface area contributed by atoms with E-state index >= 15 is 0 Å². The monoisotopic (exact) mass is 380 g/mol. The number of amides is 1. The topological polar surface area (TPSA) is 76.1 Å². The zero-order valence-corrected chi connectivity index (χ0v) is 14.0. The maximum Gasteiger partial charge on any atom is 0.393 e. The van der Waals surface area contributed by atoms with Crippen LogP contribution in [0.4, 0.5) is 17.6 Å². The third-order valence-electron chi connectivity index (χ3n) is 5.05. The van der Waals surface area contributed by atoms with Crippen LogP contribution in [-0.4, -0.2) is 43.0 Å². The molecule has 0 aliphatic heterocycles. The molecule has 5 nitrogen and oxygen atoms in total. The van der Waals surface area contributed by atoms with Gasteiger partial charge in [-0.15, -0.1) is 0 Å². The number of nitrogens with zero attached hydrogens (tertiary/aromatic N) is 1. The molecular weight excluding hydrogens is 364 g/mol. The van der Waals surface area contributed by atoms with Crippen molar-refractivity contribution in [1.82, 2.24) is 10.3 Å². The lowest BCUT2D eigenvalue weighted by atomic mass is 10.1. The number of carbonyl (C=O) groups is 1. The number of nitrogens with one attached hydrogen (secondary N) is 1. The Morgan fingerprint density at radius 2 is 2.12 bits per heavy atom. The highest BCUT2D eigenvalue weighted by molar-refractivity contribution is 7.92. The van der Waals surface area contributed by atoms with Gasteiger partial charge in [0.05, 0.1) is 12.1 Å². The number of sulfone groups is 1. The van der Waals surface area contributed by atoms with Crippen LogP contribution in [0.3, 0.4) is 0 Å². The van der Waals surface area contributed by atoms with Crippen molar-refractivity contribution in [2.45, 2.75) is 29.7 Å². The van der Waals surface area contributed by atoms with Gasteiger partial charge in [0, 0.05) is 24.9 Å². The van der Waals surface area contributed by atoms with E-state index in [1.807, 2.05) is 0 Å². The van der Waals surface area contributed by atoms with Crippen LogP contribution in [0.5, 0.6) is 0 Å². The molecule has 1 aromatic rings. The summed E-state index contributed by atoms with van der Waals surface area (Å²) in [7, 11) is -4.00. The fourth-order valence-electron chi connectivity index (χ4n) is 3.32. The van der Waals surface area contributed by atoms with E-state index in [4.69, 9.17) is 0 Å². The van der Waals surface area contributed by atoms with E-state index in [-0.39, 0.29) is 5.92 Å². The molecule has 0 spiro atoms. The molecule has 2 saturated carbocycles. The summed E-state index contributed by atoms with van der Waals surface area (Å²) < 4.78 is 73.8. The molecule has 2 fully saturated rings. The molecule has 4 atom stereocenters. The van der Waals surface area contributed by atoms with Crippen LogP contribution < -0.4 is 5.32 Å². The minimum Gasteiger partial charge on any atom is -0.354 e. The molecule has 0 bridgehead atoms. The Labute approximate surface area is 141 Å². The molecule has 2 aliphatic rings. The molecule has 0 saturated heterocycles. The summed E-state index contributed by atoms with van der Waals surface area (Å²) in [5, 5.41) is 2.32. The summed E-state index contributed by atoms with van der Waals surface area (Å²) in [6, 6.07) is 1.45. The predicted molar refractivity (Wildman–Crippen MR) is 79.8 cm³/mol. The average Bonchev–Trinajstić information content (AvgIpc) is 3.36. The number of halogens is 4. The van der Waals surface area contributed by atoms with Gasteiger partial charge in [0.15, 0.2) is 9.84 Å².